The minimum absolute atomic E-state index is 0.173. The Balaban J connectivity index is 2.36. The Morgan fingerprint density at radius 1 is 1.54 bits per heavy atom. The van der Waals surface area contributed by atoms with Crippen LogP contribution in [0.25, 0.3) is 0 Å². The fraction of sp³-hybridized carbons (Fsp3) is 0.750. The molecule has 2 atom stereocenters. The number of halogens is 1. The van der Waals surface area contributed by atoms with E-state index < -0.39 is 5.91 Å². The van der Waals surface area contributed by atoms with Crippen LogP contribution >= 0.6 is 11.6 Å². The van der Waals surface area contributed by atoms with Crippen molar-refractivity contribution in [2.24, 2.45) is 0 Å². The van der Waals surface area contributed by atoms with Gasteiger partial charge in [-0.05, 0) is 19.8 Å². The third-order valence-corrected chi connectivity index (χ3v) is 2.32. The third kappa shape index (κ3) is 2.97. The van der Waals surface area contributed by atoms with Gasteiger partial charge in [0, 0.05) is 6.04 Å². The quantitative estimate of drug-likeness (QED) is 0.623. The Labute approximate surface area is 82.0 Å². The zero-order valence-corrected chi connectivity index (χ0v) is 8.23. The number of rotatable bonds is 2. The summed E-state index contributed by atoms with van der Waals surface area (Å²) in [6, 6.07) is 0.115. The van der Waals surface area contributed by atoms with Crippen LogP contribution in [0.1, 0.15) is 19.8 Å². The van der Waals surface area contributed by atoms with E-state index in [1.165, 1.54) is 0 Å². The maximum atomic E-state index is 11.3. The lowest BCUT2D eigenvalue weighted by Crippen LogP contribution is -2.44. The molecular formula is C8H13ClN2O2. The summed E-state index contributed by atoms with van der Waals surface area (Å²) >= 11 is 5.25. The third-order valence-electron chi connectivity index (χ3n) is 2.07. The fourth-order valence-corrected chi connectivity index (χ4v) is 1.46. The molecule has 2 amide bonds. The Morgan fingerprint density at radius 2 is 2.23 bits per heavy atom. The molecule has 0 aromatic heterocycles. The molecule has 1 heterocycles. The summed E-state index contributed by atoms with van der Waals surface area (Å²) in [5.74, 6) is -0.878. The summed E-state index contributed by atoms with van der Waals surface area (Å²) < 4.78 is 0. The smallest absolute Gasteiger partial charge is 0.243 e. The summed E-state index contributed by atoms with van der Waals surface area (Å²) in [5.41, 5.74) is 0. The molecule has 4 nitrogen and oxygen atoms in total. The van der Waals surface area contributed by atoms with E-state index in [-0.39, 0.29) is 17.8 Å². The normalized spacial score (nSPS) is 27.2. The molecule has 0 saturated carbocycles. The molecule has 1 rings (SSSR count). The molecule has 1 saturated heterocycles. The van der Waals surface area contributed by atoms with Crippen molar-refractivity contribution < 1.29 is 9.59 Å². The molecule has 0 aliphatic carbocycles. The largest absolute Gasteiger partial charge is 0.303 e. The number of carbonyl (C=O) groups excluding carboxylic acids is 2. The monoisotopic (exact) mass is 204 g/mol. The summed E-state index contributed by atoms with van der Waals surface area (Å²) in [7, 11) is 0. The van der Waals surface area contributed by atoms with Gasteiger partial charge in [-0.25, -0.2) is 0 Å². The van der Waals surface area contributed by atoms with Crippen LogP contribution < -0.4 is 10.6 Å². The fourth-order valence-electron chi connectivity index (χ4n) is 1.39. The number of carbonyl (C=O) groups is 2. The molecule has 0 aromatic rings. The number of hydrogen-bond acceptors (Lipinski definition) is 3. The molecule has 1 fully saturated rings. The molecule has 1 aliphatic heterocycles. The topological polar surface area (TPSA) is 58.2 Å². The van der Waals surface area contributed by atoms with Gasteiger partial charge in [0.2, 0.25) is 11.8 Å². The SMILES string of the molecule is C[C@H]1CC[C@@H](C(=O)NC(=O)CCl)N1. The van der Waals surface area contributed by atoms with Crippen molar-refractivity contribution >= 4 is 23.4 Å². The highest BCUT2D eigenvalue weighted by Crippen LogP contribution is 2.11. The Bertz CT molecular complexity index is 220. The van der Waals surface area contributed by atoms with Gasteiger partial charge in [-0.15, -0.1) is 11.6 Å². The number of nitrogens with one attached hydrogen (secondary N) is 2. The van der Waals surface area contributed by atoms with E-state index >= 15 is 0 Å². The lowest BCUT2D eigenvalue weighted by molar-refractivity contribution is -0.130. The van der Waals surface area contributed by atoms with Crippen LogP contribution in [0.4, 0.5) is 0 Å². The Hall–Kier alpha value is -0.610. The Morgan fingerprint density at radius 3 is 2.69 bits per heavy atom. The maximum absolute atomic E-state index is 11.3. The molecule has 0 spiro atoms. The van der Waals surface area contributed by atoms with Crippen molar-refractivity contribution in [2.45, 2.75) is 31.8 Å². The second-order valence-corrected chi connectivity index (χ2v) is 3.51. The molecule has 1 aliphatic rings. The number of amides is 2. The van der Waals surface area contributed by atoms with Gasteiger partial charge in [-0.2, -0.15) is 0 Å². The molecule has 5 heteroatoms. The van der Waals surface area contributed by atoms with Crippen LogP contribution in [-0.2, 0) is 9.59 Å². The van der Waals surface area contributed by atoms with E-state index in [2.05, 4.69) is 10.6 Å². The van der Waals surface area contributed by atoms with E-state index in [0.29, 0.717) is 6.04 Å². The highest BCUT2D eigenvalue weighted by atomic mass is 35.5. The van der Waals surface area contributed by atoms with Gasteiger partial charge in [0.1, 0.15) is 5.88 Å². The summed E-state index contributed by atoms with van der Waals surface area (Å²) in [6.07, 6.45) is 1.75. The minimum Gasteiger partial charge on any atom is -0.303 e. The van der Waals surface area contributed by atoms with Crippen LogP contribution in [0, 0.1) is 0 Å². The van der Waals surface area contributed by atoms with E-state index in [1.54, 1.807) is 0 Å². The van der Waals surface area contributed by atoms with Crippen LogP contribution in [0.5, 0.6) is 0 Å². The number of imide groups is 1. The molecule has 0 aromatic carbocycles. The van der Waals surface area contributed by atoms with Gasteiger partial charge in [0.25, 0.3) is 0 Å². The summed E-state index contributed by atoms with van der Waals surface area (Å²) in [5, 5.41) is 5.30. The van der Waals surface area contributed by atoms with Gasteiger partial charge in [0.15, 0.2) is 0 Å². The molecule has 2 N–H and O–H groups in total. The predicted octanol–water partition coefficient (Wildman–Crippen LogP) is 0.00850. The van der Waals surface area contributed by atoms with Crippen molar-refractivity contribution in [1.82, 2.24) is 10.6 Å². The lowest BCUT2D eigenvalue weighted by Gasteiger charge is -2.10. The molecule has 0 unspecified atom stereocenters. The van der Waals surface area contributed by atoms with E-state index in [9.17, 15) is 9.59 Å². The second kappa shape index (κ2) is 4.58. The predicted molar refractivity (Wildman–Crippen MR) is 49.5 cm³/mol. The van der Waals surface area contributed by atoms with Crippen molar-refractivity contribution in [1.29, 1.82) is 0 Å². The van der Waals surface area contributed by atoms with Crippen LogP contribution in [0.15, 0.2) is 0 Å². The van der Waals surface area contributed by atoms with Crippen LogP contribution in [0.3, 0.4) is 0 Å². The first-order chi connectivity index (χ1) is 6.13. The second-order valence-electron chi connectivity index (χ2n) is 3.24. The first-order valence-corrected chi connectivity index (χ1v) is 4.82. The van der Waals surface area contributed by atoms with Gasteiger partial charge < -0.3 is 5.32 Å². The highest BCUT2D eigenvalue weighted by Gasteiger charge is 2.27. The molecule has 13 heavy (non-hydrogen) atoms. The van der Waals surface area contributed by atoms with Crippen molar-refractivity contribution in [3.8, 4) is 0 Å². The average Bonchev–Trinajstić information content (AvgIpc) is 2.51. The summed E-state index contributed by atoms with van der Waals surface area (Å²) in [4.78, 5) is 22.1. The van der Waals surface area contributed by atoms with Crippen LogP contribution in [-0.4, -0.2) is 29.8 Å². The standard InChI is InChI=1S/C8H13ClN2O2/c1-5-2-3-6(10-5)8(13)11-7(12)4-9/h5-6,10H,2-4H2,1H3,(H,11,12,13)/t5-,6-/m0/s1. The Kier molecular flexibility index (Phi) is 3.69. The maximum Gasteiger partial charge on any atom is 0.243 e. The number of alkyl halides is 1. The van der Waals surface area contributed by atoms with Crippen molar-refractivity contribution in [3.05, 3.63) is 0 Å². The molecule has 0 bridgehead atoms. The van der Waals surface area contributed by atoms with Crippen molar-refractivity contribution in [3.63, 3.8) is 0 Å². The van der Waals surface area contributed by atoms with Gasteiger partial charge >= 0.3 is 0 Å². The van der Waals surface area contributed by atoms with E-state index in [4.69, 9.17) is 11.6 Å². The van der Waals surface area contributed by atoms with Gasteiger partial charge in [-0.1, -0.05) is 0 Å². The summed E-state index contributed by atoms with van der Waals surface area (Å²) in [6.45, 7) is 2.01. The van der Waals surface area contributed by atoms with Gasteiger partial charge in [0.05, 0.1) is 6.04 Å². The lowest BCUT2D eigenvalue weighted by atomic mass is 10.2. The van der Waals surface area contributed by atoms with Crippen molar-refractivity contribution in [2.75, 3.05) is 5.88 Å². The zero-order valence-electron chi connectivity index (χ0n) is 7.47. The first kappa shape index (κ1) is 10.5. The van der Waals surface area contributed by atoms with E-state index in [0.717, 1.165) is 12.8 Å². The first-order valence-electron chi connectivity index (χ1n) is 4.29. The molecule has 74 valence electrons. The zero-order chi connectivity index (χ0) is 9.84. The number of hydrogen-bond donors (Lipinski definition) is 2. The molecule has 0 radical (unpaired) electrons. The molecular weight excluding hydrogens is 192 g/mol. The highest BCUT2D eigenvalue weighted by molar-refractivity contribution is 6.28. The van der Waals surface area contributed by atoms with E-state index in [1.807, 2.05) is 6.92 Å². The van der Waals surface area contributed by atoms with Crippen LogP contribution in [0.2, 0.25) is 0 Å². The minimum atomic E-state index is -0.437. The van der Waals surface area contributed by atoms with Gasteiger partial charge in [-0.3, -0.25) is 14.9 Å². The average molecular weight is 205 g/mol.